The number of fused-ring (bicyclic) bond motifs is 1. The average molecular weight is 479 g/mol. The summed E-state index contributed by atoms with van der Waals surface area (Å²) in [7, 11) is 0. The van der Waals surface area contributed by atoms with E-state index in [1.165, 1.54) is 12.1 Å². The van der Waals surface area contributed by atoms with Crippen LogP contribution in [0.4, 0.5) is 26.6 Å². The Morgan fingerprint density at radius 2 is 1.79 bits per heavy atom. The summed E-state index contributed by atoms with van der Waals surface area (Å²) < 4.78 is 13.4. The van der Waals surface area contributed by atoms with E-state index in [1.54, 1.807) is 35.4 Å². The van der Waals surface area contributed by atoms with Crippen molar-refractivity contribution in [3.8, 4) is 11.3 Å². The van der Waals surface area contributed by atoms with Crippen LogP contribution in [0, 0.1) is 5.82 Å². The normalized spacial score (nSPS) is 13.8. The number of amides is 2. The van der Waals surface area contributed by atoms with E-state index in [0.717, 1.165) is 5.56 Å². The zero-order valence-corrected chi connectivity index (χ0v) is 18.7. The summed E-state index contributed by atoms with van der Waals surface area (Å²) >= 11 is 6.00. The van der Waals surface area contributed by atoms with Gasteiger partial charge in [0.05, 0.1) is 11.9 Å². The van der Waals surface area contributed by atoms with Crippen LogP contribution in [0.25, 0.3) is 22.4 Å². The highest BCUT2D eigenvalue weighted by Gasteiger charge is 2.25. The molecule has 34 heavy (non-hydrogen) atoms. The Kier molecular flexibility index (Phi) is 5.81. The van der Waals surface area contributed by atoms with Crippen LogP contribution in [0.1, 0.15) is 0 Å². The number of anilines is 3. The number of piperazine rings is 1. The third kappa shape index (κ3) is 4.53. The standard InChI is InChI=1S/C23H20ClFN8O/c24-15-6-4-14(5-7-15)18-13-27-20-19(29-18)21(31-22(26)30-20)32-8-10-33(11-9-32)23(34)28-17-3-1-2-16(25)12-17/h1-7,12-13H,8-11H2,(H,28,34)(H2,26,27,30,31). The molecule has 4 aromatic rings. The number of halogens is 2. The van der Waals surface area contributed by atoms with Crippen LogP contribution in [0.2, 0.25) is 5.02 Å². The number of rotatable bonds is 3. The predicted molar refractivity (Wildman–Crippen MR) is 129 cm³/mol. The predicted octanol–water partition coefficient (Wildman–Crippen LogP) is 3.82. The molecule has 0 atom stereocenters. The molecule has 1 aliphatic rings. The van der Waals surface area contributed by atoms with E-state index in [1.807, 2.05) is 17.0 Å². The van der Waals surface area contributed by atoms with Gasteiger partial charge in [-0.15, -0.1) is 0 Å². The Balaban J connectivity index is 1.36. The number of nitrogens with zero attached hydrogens (tertiary/aromatic N) is 6. The second kappa shape index (κ2) is 9.06. The molecule has 0 bridgehead atoms. The van der Waals surface area contributed by atoms with Gasteiger partial charge in [-0.2, -0.15) is 9.97 Å². The van der Waals surface area contributed by atoms with Crippen LogP contribution in [-0.2, 0) is 0 Å². The molecule has 1 aliphatic heterocycles. The van der Waals surface area contributed by atoms with E-state index < -0.39 is 5.82 Å². The number of carbonyl (C=O) groups is 1. The smallest absolute Gasteiger partial charge is 0.321 e. The van der Waals surface area contributed by atoms with Gasteiger partial charge in [0, 0.05) is 42.5 Å². The number of urea groups is 1. The third-order valence-electron chi connectivity index (χ3n) is 5.49. The molecule has 0 unspecified atom stereocenters. The lowest BCUT2D eigenvalue weighted by molar-refractivity contribution is 0.208. The van der Waals surface area contributed by atoms with E-state index in [4.69, 9.17) is 22.3 Å². The van der Waals surface area contributed by atoms with Crippen LogP contribution >= 0.6 is 11.6 Å². The number of aromatic nitrogens is 4. The van der Waals surface area contributed by atoms with Crippen molar-refractivity contribution in [3.63, 3.8) is 0 Å². The molecule has 0 radical (unpaired) electrons. The maximum absolute atomic E-state index is 13.4. The zero-order valence-electron chi connectivity index (χ0n) is 17.9. The minimum absolute atomic E-state index is 0.0994. The van der Waals surface area contributed by atoms with Gasteiger partial charge in [-0.05, 0) is 30.3 Å². The molecule has 5 rings (SSSR count). The number of nitrogens with two attached hydrogens (primary N) is 1. The summed E-state index contributed by atoms with van der Waals surface area (Å²) in [5, 5.41) is 3.36. The van der Waals surface area contributed by atoms with Crippen molar-refractivity contribution in [2.75, 3.05) is 42.1 Å². The van der Waals surface area contributed by atoms with Crippen molar-refractivity contribution >= 4 is 46.2 Å². The summed E-state index contributed by atoms with van der Waals surface area (Å²) in [6.45, 7) is 1.90. The van der Waals surface area contributed by atoms with Gasteiger partial charge >= 0.3 is 6.03 Å². The SMILES string of the molecule is Nc1nc(N2CCN(C(=O)Nc3cccc(F)c3)CC2)c2nc(-c3ccc(Cl)cc3)cnc2n1. The van der Waals surface area contributed by atoms with Crippen molar-refractivity contribution in [2.45, 2.75) is 0 Å². The third-order valence-corrected chi connectivity index (χ3v) is 5.74. The molecule has 1 fully saturated rings. The van der Waals surface area contributed by atoms with E-state index in [2.05, 4.69) is 20.3 Å². The van der Waals surface area contributed by atoms with Crippen molar-refractivity contribution in [1.82, 2.24) is 24.8 Å². The number of carbonyl (C=O) groups excluding carboxylic acids is 1. The second-order valence-corrected chi connectivity index (χ2v) is 8.19. The Morgan fingerprint density at radius 3 is 2.53 bits per heavy atom. The van der Waals surface area contributed by atoms with Crippen molar-refractivity contribution in [1.29, 1.82) is 0 Å². The molecule has 2 aromatic heterocycles. The van der Waals surface area contributed by atoms with E-state index in [0.29, 0.717) is 59.6 Å². The van der Waals surface area contributed by atoms with Gasteiger partial charge < -0.3 is 20.9 Å². The average Bonchev–Trinajstić information content (AvgIpc) is 2.84. The van der Waals surface area contributed by atoms with Crippen LogP contribution in [0.5, 0.6) is 0 Å². The Morgan fingerprint density at radius 1 is 1.03 bits per heavy atom. The molecule has 172 valence electrons. The van der Waals surface area contributed by atoms with Gasteiger partial charge in [-0.25, -0.2) is 19.2 Å². The number of benzene rings is 2. The number of nitrogens with one attached hydrogen (secondary N) is 1. The summed E-state index contributed by atoms with van der Waals surface area (Å²) in [6.07, 6.45) is 1.64. The first-order chi connectivity index (χ1) is 16.5. The highest BCUT2D eigenvalue weighted by Crippen LogP contribution is 2.27. The van der Waals surface area contributed by atoms with Gasteiger partial charge in [0.1, 0.15) is 5.82 Å². The lowest BCUT2D eigenvalue weighted by atomic mass is 10.1. The first-order valence-electron chi connectivity index (χ1n) is 10.6. The number of nitrogen functional groups attached to an aromatic ring is 1. The maximum Gasteiger partial charge on any atom is 0.321 e. The van der Waals surface area contributed by atoms with Gasteiger partial charge in [-0.3, -0.25) is 0 Å². The quantitative estimate of drug-likeness (QED) is 0.460. The minimum atomic E-state index is -0.407. The lowest BCUT2D eigenvalue weighted by Crippen LogP contribution is -2.50. The van der Waals surface area contributed by atoms with Crippen LogP contribution in [0.15, 0.2) is 54.7 Å². The fourth-order valence-corrected chi connectivity index (χ4v) is 3.91. The fraction of sp³-hybridized carbons (Fsp3) is 0.174. The van der Waals surface area contributed by atoms with E-state index >= 15 is 0 Å². The van der Waals surface area contributed by atoms with Gasteiger partial charge in [0.25, 0.3) is 0 Å². The fourth-order valence-electron chi connectivity index (χ4n) is 3.78. The van der Waals surface area contributed by atoms with Gasteiger partial charge in [-0.1, -0.05) is 29.8 Å². The molecule has 1 saturated heterocycles. The summed E-state index contributed by atoms with van der Waals surface area (Å²) in [6, 6.07) is 12.8. The molecule has 3 N–H and O–H groups in total. The monoisotopic (exact) mass is 478 g/mol. The largest absolute Gasteiger partial charge is 0.368 e. The topological polar surface area (TPSA) is 113 Å². The van der Waals surface area contributed by atoms with Gasteiger partial charge in [0.15, 0.2) is 17.0 Å². The lowest BCUT2D eigenvalue weighted by Gasteiger charge is -2.35. The molecule has 0 aliphatic carbocycles. The molecule has 0 saturated carbocycles. The number of hydrogen-bond acceptors (Lipinski definition) is 7. The highest BCUT2D eigenvalue weighted by molar-refractivity contribution is 6.30. The zero-order chi connectivity index (χ0) is 23.7. The Bertz CT molecular complexity index is 1360. The first kappa shape index (κ1) is 21.8. The van der Waals surface area contributed by atoms with Crippen LogP contribution in [-0.4, -0.2) is 57.0 Å². The summed E-state index contributed by atoms with van der Waals surface area (Å²) in [4.78, 5) is 34.1. The van der Waals surface area contributed by atoms with E-state index in [-0.39, 0.29) is 12.0 Å². The maximum atomic E-state index is 13.4. The first-order valence-corrected chi connectivity index (χ1v) is 11.0. The molecule has 11 heteroatoms. The van der Waals surface area contributed by atoms with E-state index in [9.17, 15) is 9.18 Å². The molecular formula is C23H20ClFN8O. The van der Waals surface area contributed by atoms with Crippen LogP contribution in [0.3, 0.4) is 0 Å². The van der Waals surface area contributed by atoms with Crippen LogP contribution < -0.4 is 16.0 Å². The molecule has 2 amide bonds. The molecule has 3 heterocycles. The van der Waals surface area contributed by atoms with Crippen molar-refractivity contribution in [2.24, 2.45) is 0 Å². The minimum Gasteiger partial charge on any atom is -0.368 e. The Hall–Kier alpha value is -4.05. The van der Waals surface area contributed by atoms with Crippen molar-refractivity contribution in [3.05, 3.63) is 65.6 Å². The molecule has 2 aromatic carbocycles. The molecule has 9 nitrogen and oxygen atoms in total. The number of hydrogen-bond donors (Lipinski definition) is 2. The molecular weight excluding hydrogens is 459 g/mol. The summed E-state index contributed by atoms with van der Waals surface area (Å²) in [5.41, 5.74) is 8.79. The Labute approximate surface area is 199 Å². The second-order valence-electron chi connectivity index (χ2n) is 7.75. The van der Waals surface area contributed by atoms with Crippen molar-refractivity contribution < 1.29 is 9.18 Å². The summed E-state index contributed by atoms with van der Waals surface area (Å²) in [5.74, 6) is 0.258. The van der Waals surface area contributed by atoms with Gasteiger partial charge in [0.2, 0.25) is 5.95 Å². The highest BCUT2D eigenvalue weighted by atomic mass is 35.5. The molecule has 0 spiro atoms.